The molecule has 5 heteroatoms. The Bertz CT molecular complexity index is 619. The number of nitrogens with one attached hydrogen (secondary N) is 2. The van der Waals surface area contributed by atoms with E-state index in [2.05, 4.69) is 27.9 Å². The fourth-order valence-electron chi connectivity index (χ4n) is 2.62. The summed E-state index contributed by atoms with van der Waals surface area (Å²) in [6.45, 7) is 4.61. The van der Waals surface area contributed by atoms with Crippen LogP contribution in [-0.2, 0) is 17.8 Å². The number of aryl methyl sites for hydroxylation is 2. The first-order valence-electron chi connectivity index (χ1n) is 7.81. The predicted octanol–water partition coefficient (Wildman–Crippen LogP) is 1.92. The topological polar surface area (TPSA) is 59.0 Å². The molecule has 0 aliphatic carbocycles. The fraction of sp³-hybridized carbons (Fsp3) is 0.412. The lowest BCUT2D eigenvalue weighted by Gasteiger charge is -2.31. The predicted molar refractivity (Wildman–Crippen MR) is 86.5 cm³/mol. The molecular formula is C17H22N4O. The molecule has 1 atom stereocenters. The van der Waals surface area contributed by atoms with Crippen LogP contribution in [0.15, 0.2) is 42.6 Å². The smallest absolute Gasteiger partial charge is 0.228 e. The van der Waals surface area contributed by atoms with Crippen LogP contribution in [0.1, 0.15) is 12.5 Å². The van der Waals surface area contributed by atoms with E-state index >= 15 is 0 Å². The molecule has 1 fully saturated rings. The third kappa shape index (κ3) is 3.36. The summed E-state index contributed by atoms with van der Waals surface area (Å²) >= 11 is 0. The Balaban J connectivity index is 1.58. The van der Waals surface area contributed by atoms with Gasteiger partial charge in [-0.25, -0.2) is 4.68 Å². The highest BCUT2D eigenvalue weighted by atomic mass is 16.2. The van der Waals surface area contributed by atoms with Crippen LogP contribution < -0.4 is 10.6 Å². The van der Waals surface area contributed by atoms with E-state index in [1.165, 1.54) is 5.56 Å². The highest BCUT2D eigenvalue weighted by Gasteiger charge is 2.29. The summed E-state index contributed by atoms with van der Waals surface area (Å²) in [6, 6.07) is 12.2. The molecule has 2 heterocycles. The zero-order valence-electron chi connectivity index (χ0n) is 12.8. The van der Waals surface area contributed by atoms with Gasteiger partial charge in [-0.15, -0.1) is 0 Å². The molecule has 0 saturated carbocycles. The molecule has 1 unspecified atom stereocenters. The second kappa shape index (κ2) is 6.75. The molecule has 1 aromatic carbocycles. The van der Waals surface area contributed by atoms with E-state index < -0.39 is 0 Å². The lowest BCUT2D eigenvalue weighted by Crippen LogP contribution is -2.48. The highest BCUT2D eigenvalue weighted by Crippen LogP contribution is 2.18. The summed E-state index contributed by atoms with van der Waals surface area (Å²) in [5, 5.41) is 10.5. The van der Waals surface area contributed by atoms with Crippen LogP contribution >= 0.6 is 0 Å². The number of hydrogen-bond donors (Lipinski definition) is 2. The number of aromatic nitrogens is 2. The van der Waals surface area contributed by atoms with E-state index in [0.717, 1.165) is 31.9 Å². The van der Waals surface area contributed by atoms with Crippen molar-refractivity contribution in [2.24, 2.45) is 11.8 Å². The highest BCUT2D eigenvalue weighted by molar-refractivity contribution is 5.91. The number of carbonyl (C=O) groups is 1. The summed E-state index contributed by atoms with van der Waals surface area (Å²) in [7, 11) is 0. The fourth-order valence-corrected chi connectivity index (χ4v) is 2.62. The zero-order valence-corrected chi connectivity index (χ0v) is 12.8. The molecular weight excluding hydrogens is 276 g/mol. The van der Waals surface area contributed by atoms with E-state index in [9.17, 15) is 4.79 Å². The first kappa shape index (κ1) is 14.8. The van der Waals surface area contributed by atoms with E-state index in [4.69, 9.17) is 0 Å². The van der Waals surface area contributed by atoms with Gasteiger partial charge in [0.2, 0.25) is 5.91 Å². The maximum atomic E-state index is 12.3. The van der Waals surface area contributed by atoms with Crippen molar-refractivity contribution in [2.75, 3.05) is 18.4 Å². The van der Waals surface area contributed by atoms with Gasteiger partial charge in [0.05, 0.1) is 6.20 Å². The minimum absolute atomic E-state index is 0.0266. The van der Waals surface area contributed by atoms with Gasteiger partial charge in [-0.3, -0.25) is 4.79 Å². The summed E-state index contributed by atoms with van der Waals surface area (Å²) in [4.78, 5) is 12.3. The summed E-state index contributed by atoms with van der Waals surface area (Å²) in [5.74, 6) is 1.33. The van der Waals surface area contributed by atoms with Crippen LogP contribution in [0.25, 0.3) is 0 Å². The third-order valence-corrected chi connectivity index (χ3v) is 4.36. The number of carbonyl (C=O) groups excluding carboxylic acids is 1. The van der Waals surface area contributed by atoms with Gasteiger partial charge in [-0.05, 0) is 31.0 Å². The Hall–Kier alpha value is -2.14. The average Bonchev–Trinajstić information content (AvgIpc) is 2.91. The van der Waals surface area contributed by atoms with Gasteiger partial charge in [0.15, 0.2) is 0 Å². The van der Waals surface area contributed by atoms with Crippen molar-refractivity contribution in [3.63, 3.8) is 0 Å². The maximum Gasteiger partial charge on any atom is 0.228 e. The number of anilines is 1. The second-order valence-electron chi connectivity index (χ2n) is 5.87. The lowest BCUT2D eigenvalue weighted by atomic mass is 9.88. The van der Waals surface area contributed by atoms with E-state index in [1.54, 1.807) is 6.20 Å². The van der Waals surface area contributed by atoms with Crippen LogP contribution in [-0.4, -0.2) is 28.8 Å². The molecule has 5 nitrogen and oxygen atoms in total. The van der Waals surface area contributed by atoms with E-state index in [-0.39, 0.29) is 11.8 Å². The molecule has 22 heavy (non-hydrogen) atoms. The Morgan fingerprint density at radius 3 is 2.82 bits per heavy atom. The standard InChI is InChI=1S/C17H22N4O/c1-13(15-11-18-12-15)17(22)20-16-7-9-19-21(16)10-8-14-5-3-2-4-6-14/h2-7,9,13,15,18H,8,10-12H2,1H3,(H,20,22). The van der Waals surface area contributed by atoms with Crippen molar-refractivity contribution in [3.05, 3.63) is 48.2 Å². The van der Waals surface area contributed by atoms with Gasteiger partial charge in [0.25, 0.3) is 0 Å². The van der Waals surface area contributed by atoms with Gasteiger partial charge >= 0.3 is 0 Å². The second-order valence-corrected chi connectivity index (χ2v) is 5.87. The van der Waals surface area contributed by atoms with Gasteiger partial charge in [-0.2, -0.15) is 5.10 Å². The lowest BCUT2D eigenvalue weighted by molar-refractivity contribution is -0.121. The molecule has 0 radical (unpaired) electrons. The summed E-state index contributed by atoms with van der Waals surface area (Å²) in [6.07, 6.45) is 2.63. The maximum absolute atomic E-state index is 12.3. The minimum atomic E-state index is 0.0266. The first-order valence-corrected chi connectivity index (χ1v) is 7.81. The van der Waals surface area contributed by atoms with Crippen molar-refractivity contribution in [1.82, 2.24) is 15.1 Å². The number of amides is 1. The molecule has 1 aliphatic heterocycles. The number of rotatable bonds is 6. The van der Waals surface area contributed by atoms with Crippen molar-refractivity contribution < 1.29 is 4.79 Å². The third-order valence-electron chi connectivity index (χ3n) is 4.36. The van der Waals surface area contributed by atoms with Gasteiger partial charge in [0.1, 0.15) is 5.82 Å². The van der Waals surface area contributed by atoms with Crippen molar-refractivity contribution in [2.45, 2.75) is 19.9 Å². The number of nitrogens with zero attached hydrogens (tertiary/aromatic N) is 2. The van der Waals surface area contributed by atoms with Crippen molar-refractivity contribution in [3.8, 4) is 0 Å². The average molecular weight is 298 g/mol. The molecule has 1 aromatic heterocycles. The van der Waals surface area contributed by atoms with Gasteiger partial charge in [0, 0.05) is 18.5 Å². The molecule has 1 saturated heterocycles. The molecule has 3 rings (SSSR count). The van der Waals surface area contributed by atoms with Gasteiger partial charge < -0.3 is 10.6 Å². The van der Waals surface area contributed by atoms with Gasteiger partial charge in [-0.1, -0.05) is 37.3 Å². The molecule has 2 aromatic rings. The van der Waals surface area contributed by atoms with Crippen molar-refractivity contribution >= 4 is 11.7 Å². The molecule has 0 spiro atoms. The molecule has 1 aliphatic rings. The van der Waals surface area contributed by atoms with Crippen LogP contribution in [0.5, 0.6) is 0 Å². The van der Waals surface area contributed by atoms with E-state index in [1.807, 2.05) is 35.9 Å². The number of hydrogen-bond acceptors (Lipinski definition) is 3. The Kier molecular flexibility index (Phi) is 4.53. The monoisotopic (exact) mass is 298 g/mol. The van der Waals surface area contributed by atoms with Crippen LogP contribution in [0.3, 0.4) is 0 Å². The SMILES string of the molecule is CC(C(=O)Nc1ccnn1CCc1ccccc1)C1CNC1. The van der Waals surface area contributed by atoms with Crippen LogP contribution in [0.2, 0.25) is 0 Å². The molecule has 2 N–H and O–H groups in total. The van der Waals surface area contributed by atoms with Crippen molar-refractivity contribution in [1.29, 1.82) is 0 Å². The minimum Gasteiger partial charge on any atom is -0.316 e. The largest absolute Gasteiger partial charge is 0.316 e. The first-order chi connectivity index (χ1) is 10.7. The van der Waals surface area contributed by atoms with Crippen LogP contribution in [0, 0.1) is 11.8 Å². The Morgan fingerprint density at radius 2 is 2.14 bits per heavy atom. The van der Waals surface area contributed by atoms with E-state index in [0.29, 0.717) is 5.92 Å². The summed E-state index contributed by atoms with van der Waals surface area (Å²) < 4.78 is 1.86. The van der Waals surface area contributed by atoms with Crippen LogP contribution in [0.4, 0.5) is 5.82 Å². The molecule has 1 amide bonds. The Morgan fingerprint density at radius 1 is 1.36 bits per heavy atom. The molecule has 116 valence electrons. The quantitative estimate of drug-likeness (QED) is 0.856. The zero-order chi connectivity index (χ0) is 15.4. The summed E-state index contributed by atoms with van der Waals surface area (Å²) in [5.41, 5.74) is 1.27. The molecule has 0 bridgehead atoms. The normalized spacial score (nSPS) is 16.0. The Labute approximate surface area is 130 Å². The number of benzene rings is 1.